The van der Waals surface area contributed by atoms with Crippen molar-refractivity contribution in [2.24, 2.45) is 0 Å². The van der Waals surface area contributed by atoms with E-state index in [0.717, 1.165) is 18.5 Å². The van der Waals surface area contributed by atoms with Crippen LogP contribution in [-0.4, -0.2) is 18.7 Å². The van der Waals surface area contributed by atoms with Crippen molar-refractivity contribution in [3.8, 4) is 0 Å². The summed E-state index contributed by atoms with van der Waals surface area (Å²) in [6.07, 6.45) is 1.15. The predicted molar refractivity (Wildman–Crippen MR) is 61.8 cm³/mol. The van der Waals surface area contributed by atoms with Crippen LogP contribution in [-0.2, 0) is 4.74 Å². The highest BCUT2D eigenvalue weighted by Gasteiger charge is 2.22. The van der Waals surface area contributed by atoms with Gasteiger partial charge in [-0.3, -0.25) is 0 Å². The molecule has 1 aromatic rings. The number of hydrogen-bond acceptors (Lipinski definition) is 2. The molecule has 0 aliphatic carbocycles. The molecule has 1 N–H and O–H groups in total. The van der Waals surface area contributed by atoms with Crippen LogP contribution in [0.3, 0.4) is 0 Å². The Kier molecular flexibility index (Phi) is 3.56. The lowest BCUT2D eigenvalue weighted by Crippen LogP contribution is -2.27. The molecule has 0 radical (unpaired) electrons. The molecular formula is C13H18FNO. The van der Waals surface area contributed by atoms with Gasteiger partial charge < -0.3 is 10.1 Å². The molecule has 88 valence electrons. The summed E-state index contributed by atoms with van der Waals surface area (Å²) >= 11 is 0. The van der Waals surface area contributed by atoms with E-state index in [9.17, 15) is 4.39 Å². The van der Waals surface area contributed by atoms with Crippen molar-refractivity contribution >= 4 is 0 Å². The first-order valence-electron chi connectivity index (χ1n) is 5.79. The molecule has 1 heterocycles. The second-order valence-electron chi connectivity index (χ2n) is 4.54. The van der Waals surface area contributed by atoms with E-state index in [2.05, 4.69) is 19.2 Å². The minimum Gasteiger partial charge on any atom is -0.369 e. The third-order valence-corrected chi connectivity index (χ3v) is 2.95. The number of ether oxygens (including phenoxy) is 1. The molecule has 0 spiro atoms. The van der Waals surface area contributed by atoms with Crippen molar-refractivity contribution in [1.82, 2.24) is 5.32 Å². The molecular weight excluding hydrogens is 205 g/mol. The van der Waals surface area contributed by atoms with Crippen molar-refractivity contribution in [3.05, 3.63) is 35.6 Å². The number of benzene rings is 1. The molecule has 2 rings (SSSR count). The lowest BCUT2D eigenvalue weighted by molar-refractivity contribution is 0.00703. The van der Waals surface area contributed by atoms with Crippen molar-refractivity contribution < 1.29 is 9.13 Å². The molecule has 3 heteroatoms. The normalized spacial score (nSPS) is 31.1. The van der Waals surface area contributed by atoms with Crippen molar-refractivity contribution in [1.29, 1.82) is 0 Å². The molecule has 0 saturated carbocycles. The SMILES string of the molecule is CC1CC(C)OC(c2cccc(F)c2)CN1. The summed E-state index contributed by atoms with van der Waals surface area (Å²) in [5.74, 6) is -0.203. The number of hydrogen-bond donors (Lipinski definition) is 1. The van der Waals surface area contributed by atoms with Crippen LogP contribution < -0.4 is 5.32 Å². The van der Waals surface area contributed by atoms with Crippen LogP contribution >= 0.6 is 0 Å². The van der Waals surface area contributed by atoms with Crippen LogP contribution in [0.1, 0.15) is 31.9 Å². The summed E-state index contributed by atoms with van der Waals surface area (Å²) in [5.41, 5.74) is 0.911. The molecule has 2 nitrogen and oxygen atoms in total. The Balaban J connectivity index is 2.14. The fourth-order valence-corrected chi connectivity index (χ4v) is 2.18. The summed E-state index contributed by atoms with van der Waals surface area (Å²) in [6.45, 7) is 4.96. The number of nitrogens with one attached hydrogen (secondary N) is 1. The van der Waals surface area contributed by atoms with Crippen LogP contribution in [0.25, 0.3) is 0 Å². The Morgan fingerprint density at radius 1 is 1.38 bits per heavy atom. The van der Waals surface area contributed by atoms with Gasteiger partial charge in [0, 0.05) is 12.6 Å². The standard InChI is InChI=1S/C13H18FNO/c1-9-6-10(2)16-13(8-15-9)11-4-3-5-12(14)7-11/h3-5,7,9-10,13,15H,6,8H2,1-2H3. The van der Waals surface area contributed by atoms with Crippen LogP contribution in [0.15, 0.2) is 24.3 Å². The number of rotatable bonds is 1. The van der Waals surface area contributed by atoms with Gasteiger partial charge in [-0.05, 0) is 38.0 Å². The fraction of sp³-hybridized carbons (Fsp3) is 0.538. The van der Waals surface area contributed by atoms with E-state index in [0.29, 0.717) is 6.04 Å². The first-order valence-corrected chi connectivity index (χ1v) is 5.79. The lowest BCUT2D eigenvalue weighted by atomic mass is 10.1. The largest absolute Gasteiger partial charge is 0.369 e. The van der Waals surface area contributed by atoms with E-state index in [-0.39, 0.29) is 18.0 Å². The van der Waals surface area contributed by atoms with Gasteiger partial charge in [-0.25, -0.2) is 4.39 Å². The summed E-state index contributed by atoms with van der Waals surface area (Å²) in [4.78, 5) is 0. The van der Waals surface area contributed by atoms with E-state index in [1.54, 1.807) is 12.1 Å². The summed E-state index contributed by atoms with van der Waals surface area (Å²) in [5, 5.41) is 3.40. The highest BCUT2D eigenvalue weighted by atomic mass is 19.1. The van der Waals surface area contributed by atoms with E-state index in [4.69, 9.17) is 4.74 Å². The zero-order valence-electron chi connectivity index (χ0n) is 9.74. The van der Waals surface area contributed by atoms with E-state index < -0.39 is 0 Å². The zero-order chi connectivity index (χ0) is 11.5. The zero-order valence-corrected chi connectivity index (χ0v) is 9.74. The van der Waals surface area contributed by atoms with Gasteiger partial charge in [0.15, 0.2) is 0 Å². The van der Waals surface area contributed by atoms with Crippen LogP contribution in [0.4, 0.5) is 4.39 Å². The lowest BCUT2D eigenvalue weighted by Gasteiger charge is -2.18. The van der Waals surface area contributed by atoms with E-state index in [1.807, 2.05) is 6.07 Å². The minimum absolute atomic E-state index is 0.0457. The average Bonchev–Trinajstić information content (AvgIpc) is 2.39. The molecule has 0 aromatic heterocycles. The molecule has 1 aliphatic heterocycles. The summed E-state index contributed by atoms with van der Waals surface area (Å²) < 4.78 is 19.0. The summed E-state index contributed by atoms with van der Waals surface area (Å²) in [7, 11) is 0. The maximum atomic E-state index is 13.1. The third kappa shape index (κ3) is 2.80. The Bertz CT molecular complexity index is 356. The van der Waals surface area contributed by atoms with Gasteiger partial charge in [-0.1, -0.05) is 12.1 Å². The van der Waals surface area contributed by atoms with Crippen molar-refractivity contribution in [3.63, 3.8) is 0 Å². The Morgan fingerprint density at radius 2 is 2.19 bits per heavy atom. The highest BCUT2D eigenvalue weighted by Crippen LogP contribution is 2.23. The minimum atomic E-state index is -0.203. The molecule has 1 aromatic carbocycles. The highest BCUT2D eigenvalue weighted by molar-refractivity contribution is 5.19. The molecule has 1 saturated heterocycles. The van der Waals surface area contributed by atoms with Gasteiger partial charge in [0.25, 0.3) is 0 Å². The van der Waals surface area contributed by atoms with Gasteiger partial charge in [0.1, 0.15) is 5.82 Å². The topological polar surface area (TPSA) is 21.3 Å². The maximum absolute atomic E-state index is 13.1. The fourth-order valence-electron chi connectivity index (χ4n) is 2.18. The first-order chi connectivity index (χ1) is 7.65. The van der Waals surface area contributed by atoms with E-state index >= 15 is 0 Å². The first kappa shape index (κ1) is 11.6. The Morgan fingerprint density at radius 3 is 2.94 bits per heavy atom. The summed E-state index contributed by atoms with van der Waals surface area (Å²) in [6, 6.07) is 7.11. The van der Waals surface area contributed by atoms with Crippen LogP contribution in [0, 0.1) is 5.82 Å². The van der Waals surface area contributed by atoms with Gasteiger partial charge >= 0.3 is 0 Å². The van der Waals surface area contributed by atoms with Gasteiger partial charge in [-0.2, -0.15) is 0 Å². The molecule has 1 aliphatic rings. The van der Waals surface area contributed by atoms with Crippen LogP contribution in [0.2, 0.25) is 0 Å². The predicted octanol–water partition coefficient (Wildman–Crippen LogP) is 2.65. The molecule has 1 fully saturated rings. The average molecular weight is 223 g/mol. The van der Waals surface area contributed by atoms with Gasteiger partial charge in [-0.15, -0.1) is 0 Å². The quantitative estimate of drug-likeness (QED) is 0.790. The maximum Gasteiger partial charge on any atom is 0.123 e. The molecule has 3 atom stereocenters. The second-order valence-corrected chi connectivity index (χ2v) is 4.54. The Labute approximate surface area is 95.8 Å². The molecule has 16 heavy (non-hydrogen) atoms. The second kappa shape index (κ2) is 4.93. The van der Waals surface area contributed by atoms with Crippen molar-refractivity contribution in [2.75, 3.05) is 6.54 Å². The molecule has 0 bridgehead atoms. The molecule has 0 amide bonds. The smallest absolute Gasteiger partial charge is 0.123 e. The Hall–Kier alpha value is -0.930. The van der Waals surface area contributed by atoms with Crippen LogP contribution in [0.5, 0.6) is 0 Å². The monoisotopic (exact) mass is 223 g/mol. The number of halogens is 1. The van der Waals surface area contributed by atoms with E-state index in [1.165, 1.54) is 6.07 Å². The van der Waals surface area contributed by atoms with Gasteiger partial charge in [0.05, 0.1) is 12.2 Å². The third-order valence-electron chi connectivity index (χ3n) is 2.95. The van der Waals surface area contributed by atoms with Crippen molar-refractivity contribution in [2.45, 2.75) is 38.5 Å². The molecule has 3 unspecified atom stereocenters. The van der Waals surface area contributed by atoms with Gasteiger partial charge in [0.2, 0.25) is 0 Å².